The quantitative estimate of drug-likeness (QED) is 0.769. The zero-order valence-corrected chi connectivity index (χ0v) is 12.2. The van der Waals surface area contributed by atoms with E-state index >= 15 is 0 Å². The van der Waals surface area contributed by atoms with Crippen molar-refractivity contribution in [1.82, 2.24) is 4.90 Å². The fourth-order valence-corrected chi connectivity index (χ4v) is 3.56. The molecule has 1 aliphatic heterocycles. The van der Waals surface area contributed by atoms with Gasteiger partial charge in [-0.05, 0) is 30.2 Å². The molecule has 2 aliphatic rings. The minimum Gasteiger partial charge on any atom is -0.331 e. The van der Waals surface area contributed by atoms with E-state index in [-0.39, 0.29) is 5.91 Å². The first-order valence-corrected chi connectivity index (χ1v) is 7.54. The molecule has 1 saturated carbocycles. The van der Waals surface area contributed by atoms with Gasteiger partial charge in [-0.1, -0.05) is 55.1 Å². The van der Waals surface area contributed by atoms with E-state index in [1.54, 1.807) is 6.08 Å². The highest BCUT2D eigenvalue weighted by molar-refractivity contribution is 5.97. The predicted molar refractivity (Wildman–Crippen MR) is 85.5 cm³/mol. The summed E-state index contributed by atoms with van der Waals surface area (Å²) < 4.78 is 0. The Labute approximate surface area is 126 Å². The van der Waals surface area contributed by atoms with Gasteiger partial charge in [-0.3, -0.25) is 4.79 Å². The summed E-state index contributed by atoms with van der Waals surface area (Å²) in [5.41, 5.74) is 1.92. The van der Waals surface area contributed by atoms with E-state index in [0.717, 1.165) is 18.4 Å². The molecule has 0 N–H and O–H groups in total. The second kappa shape index (κ2) is 5.72. The molecule has 1 aromatic rings. The number of benzene rings is 1. The van der Waals surface area contributed by atoms with Gasteiger partial charge in [0.15, 0.2) is 0 Å². The molecule has 3 atom stereocenters. The van der Waals surface area contributed by atoms with Crippen LogP contribution in [-0.4, -0.2) is 16.8 Å². The fourth-order valence-electron chi connectivity index (χ4n) is 3.56. The SMILES string of the molecule is C=CC1=C[C@@H]2C[C@H](C=C)C[C@@H]2N(Cc2ccccc2)C1=O. The first-order chi connectivity index (χ1) is 10.2. The Morgan fingerprint density at radius 3 is 2.62 bits per heavy atom. The van der Waals surface area contributed by atoms with Crippen LogP contribution in [0, 0.1) is 11.8 Å². The van der Waals surface area contributed by atoms with E-state index < -0.39 is 0 Å². The number of fused-ring (bicyclic) bond motifs is 1. The first-order valence-electron chi connectivity index (χ1n) is 7.54. The lowest BCUT2D eigenvalue weighted by atomic mass is 9.92. The monoisotopic (exact) mass is 279 g/mol. The predicted octanol–water partition coefficient (Wildman–Crippen LogP) is 3.72. The van der Waals surface area contributed by atoms with Crippen LogP contribution >= 0.6 is 0 Å². The molecule has 2 nitrogen and oxygen atoms in total. The van der Waals surface area contributed by atoms with Gasteiger partial charge in [-0.15, -0.1) is 6.58 Å². The average Bonchev–Trinajstić information content (AvgIpc) is 2.94. The maximum absolute atomic E-state index is 12.7. The van der Waals surface area contributed by atoms with Gasteiger partial charge < -0.3 is 4.90 Å². The van der Waals surface area contributed by atoms with E-state index in [0.29, 0.717) is 24.4 Å². The highest BCUT2D eigenvalue weighted by atomic mass is 16.2. The summed E-state index contributed by atoms with van der Waals surface area (Å²) in [7, 11) is 0. The molecular weight excluding hydrogens is 258 g/mol. The van der Waals surface area contributed by atoms with E-state index in [9.17, 15) is 4.79 Å². The number of allylic oxidation sites excluding steroid dienone is 1. The molecule has 0 spiro atoms. The smallest absolute Gasteiger partial charge is 0.254 e. The molecule has 1 heterocycles. The maximum atomic E-state index is 12.7. The van der Waals surface area contributed by atoms with Crippen LogP contribution in [0.4, 0.5) is 0 Å². The summed E-state index contributed by atoms with van der Waals surface area (Å²) in [4.78, 5) is 14.7. The van der Waals surface area contributed by atoms with E-state index in [1.165, 1.54) is 5.56 Å². The molecule has 0 aromatic heterocycles. The largest absolute Gasteiger partial charge is 0.331 e. The molecule has 0 unspecified atom stereocenters. The van der Waals surface area contributed by atoms with Gasteiger partial charge in [0, 0.05) is 18.2 Å². The van der Waals surface area contributed by atoms with E-state index in [4.69, 9.17) is 0 Å². The summed E-state index contributed by atoms with van der Waals surface area (Å²) in [6, 6.07) is 10.5. The minimum atomic E-state index is 0.111. The number of hydrogen-bond acceptors (Lipinski definition) is 1. The maximum Gasteiger partial charge on any atom is 0.254 e. The highest BCUT2D eigenvalue weighted by Gasteiger charge is 2.41. The van der Waals surface area contributed by atoms with Crippen molar-refractivity contribution in [3.63, 3.8) is 0 Å². The van der Waals surface area contributed by atoms with Crippen molar-refractivity contribution in [2.45, 2.75) is 25.4 Å². The summed E-state index contributed by atoms with van der Waals surface area (Å²) >= 11 is 0. The van der Waals surface area contributed by atoms with Gasteiger partial charge in [0.05, 0.1) is 0 Å². The average molecular weight is 279 g/mol. The molecular formula is C19H21NO. The Hall–Kier alpha value is -2.09. The second-order valence-corrected chi connectivity index (χ2v) is 5.94. The molecule has 3 rings (SSSR count). The standard InChI is InChI=1S/C19H21NO/c1-3-14-10-17-12-16(4-2)19(21)20(18(17)11-14)13-15-8-6-5-7-9-15/h3-9,12,14,17-18H,1-2,10-11,13H2/t14-,17-,18-/m0/s1. The van der Waals surface area contributed by atoms with Crippen molar-refractivity contribution in [2.24, 2.45) is 11.8 Å². The molecule has 1 fully saturated rings. The third-order valence-electron chi connectivity index (χ3n) is 4.66. The molecule has 0 radical (unpaired) electrons. The van der Waals surface area contributed by atoms with Crippen LogP contribution in [0.25, 0.3) is 0 Å². The van der Waals surface area contributed by atoms with Gasteiger partial charge in [0.1, 0.15) is 0 Å². The number of rotatable bonds is 4. The minimum absolute atomic E-state index is 0.111. The number of carbonyl (C=O) groups is 1. The molecule has 21 heavy (non-hydrogen) atoms. The first kappa shape index (κ1) is 13.9. The van der Waals surface area contributed by atoms with Crippen LogP contribution in [0.1, 0.15) is 18.4 Å². The Balaban J connectivity index is 1.90. The topological polar surface area (TPSA) is 20.3 Å². The van der Waals surface area contributed by atoms with Crippen molar-refractivity contribution in [1.29, 1.82) is 0 Å². The van der Waals surface area contributed by atoms with Crippen LogP contribution in [0.2, 0.25) is 0 Å². The Morgan fingerprint density at radius 1 is 1.19 bits per heavy atom. The fraction of sp³-hybridized carbons (Fsp3) is 0.316. The molecule has 1 aliphatic carbocycles. The Bertz CT molecular complexity index is 587. The lowest BCUT2D eigenvalue weighted by Gasteiger charge is -2.36. The number of carbonyl (C=O) groups excluding carboxylic acids is 1. The Kier molecular flexibility index (Phi) is 3.78. The lowest BCUT2D eigenvalue weighted by molar-refractivity contribution is -0.131. The molecule has 2 heteroatoms. The molecule has 0 bridgehead atoms. The molecule has 1 aromatic carbocycles. The Morgan fingerprint density at radius 2 is 1.95 bits per heavy atom. The van der Waals surface area contributed by atoms with Crippen molar-refractivity contribution in [3.8, 4) is 0 Å². The normalized spacial score (nSPS) is 28.0. The van der Waals surface area contributed by atoms with Crippen molar-refractivity contribution in [2.75, 3.05) is 0 Å². The summed E-state index contributed by atoms with van der Waals surface area (Å²) in [5.74, 6) is 1.05. The van der Waals surface area contributed by atoms with Gasteiger partial charge in [-0.2, -0.15) is 0 Å². The lowest BCUT2D eigenvalue weighted by Crippen LogP contribution is -2.45. The van der Waals surface area contributed by atoms with Crippen molar-refractivity contribution < 1.29 is 4.79 Å². The number of nitrogens with zero attached hydrogens (tertiary/aromatic N) is 1. The molecule has 108 valence electrons. The van der Waals surface area contributed by atoms with Crippen LogP contribution < -0.4 is 0 Å². The van der Waals surface area contributed by atoms with Gasteiger partial charge in [-0.25, -0.2) is 0 Å². The zero-order chi connectivity index (χ0) is 14.8. The summed E-state index contributed by atoms with van der Waals surface area (Å²) in [6.45, 7) is 8.39. The number of hydrogen-bond donors (Lipinski definition) is 0. The van der Waals surface area contributed by atoms with Gasteiger partial charge in [0.25, 0.3) is 5.91 Å². The van der Waals surface area contributed by atoms with Gasteiger partial charge in [0.2, 0.25) is 0 Å². The third kappa shape index (κ3) is 2.58. The zero-order valence-electron chi connectivity index (χ0n) is 12.2. The molecule has 0 saturated heterocycles. The summed E-state index contributed by atoms with van der Waals surface area (Å²) in [5, 5.41) is 0. The van der Waals surface area contributed by atoms with E-state index in [2.05, 4.69) is 31.4 Å². The highest BCUT2D eigenvalue weighted by Crippen LogP contribution is 2.40. The number of amides is 1. The van der Waals surface area contributed by atoms with Crippen molar-refractivity contribution >= 4 is 5.91 Å². The van der Waals surface area contributed by atoms with Crippen LogP contribution in [0.3, 0.4) is 0 Å². The van der Waals surface area contributed by atoms with Crippen LogP contribution in [0.5, 0.6) is 0 Å². The van der Waals surface area contributed by atoms with E-state index in [1.807, 2.05) is 29.2 Å². The van der Waals surface area contributed by atoms with Crippen LogP contribution in [-0.2, 0) is 11.3 Å². The van der Waals surface area contributed by atoms with Gasteiger partial charge >= 0.3 is 0 Å². The van der Waals surface area contributed by atoms with Crippen LogP contribution in [0.15, 0.2) is 67.3 Å². The summed E-state index contributed by atoms with van der Waals surface area (Å²) in [6.07, 6.45) is 7.95. The molecule has 1 amide bonds. The second-order valence-electron chi connectivity index (χ2n) is 5.94. The third-order valence-corrected chi connectivity index (χ3v) is 4.66. The van der Waals surface area contributed by atoms with Crippen molar-refractivity contribution in [3.05, 3.63) is 72.9 Å².